The minimum atomic E-state index is -0.378. The molecule has 1 amide bonds. The normalized spacial score (nSPS) is 11.8. The van der Waals surface area contributed by atoms with Crippen LogP contribution in [0.15, 0.2) is 54.2 Å². The molecule has 1 heterocycles. The predicted octanol–water partition coefficient (Wildman–Crippen LogP) is 6.60. The van der Waals surface area contributed by atoms with Gasteiger partial charge in [-0.25, -0.2) is 0 Å². The number of carbonyl (C=O) groups is 1. The Hall–Kier alpha value is -2.19. The van der Waals surface area contributed by atoms with Crippen LogP contribution < -0.4 is 10.1 Å². The summed E-state index contributed by atoms with van der Waals surface area (Å²) in [5.74, 6) is 1.18. The highest BCUT2D eigenvalue weighted by atomic mass is 35.5. The molecule has 168 valence electrons. The van der Waals surface area contributed by atoms with Crippen LogP contribution in [-0.4, -0.2) is 26.4 Å². The van der Waals surface area contributed by atoms with Crippen molar-refractivity contribution < 1.29 is 9.53 Å². The molecule has 0 aliphatic rings. The Kier molecular flexibility index (Phi) is 8.48. The number of hydrogen-bond donors (Lipinski definition) is 1. The van der Waals surface area contributed by atoms with Crippen molar-refractivity contribution in [3.63, 3.8) is 0 Å². The van der Waals surface area contributed by atoms with Crippen LogP contribution in [0.3, 0.4) is 0 Å². The summed E-state index contributed by atoms with van der Waals surface area (Å²) in [6, 6.07) is 10.3. The van der Waals surface area contributed by atoms with Gasteiger partial charge in [-0.05, 0) is 55.8 Å². The Morgan fingerprint density at radius 2 is 1.97 bits per heavy atom. The number of nitrogens with zero attached hydrogens (tertiary/aromatic N) is 3. The van der Waals surface area contributed by atoms with Crippen molar-refractivity contribution in [3.8, 4) is 5.75 Å². The van der Waals surface area contributed by atoms with Crippen molar-refractivity contribution in [3.05, 3.63) is 75.5 Å². The van der Waals surface area contributed by atoms with E-state index in [1.165, 1.54) is 11.8 Å². The Bertz CT molecular complexity index is 1140. The molecule has 1 N–H and O–H groups in total. The molecule has 3 rings (SSSR count). The fraction of sp³-hybridized carbons (Fsp3) is 0.227. The number of benzene rings is 2. The van der Waals surface area contributed by atoms with E-state index in [-0.39, 0.29) is 17.8 Å². The summed E-state index contributed by atoms with van der Waals surface area (Å²) in [6.45, 7) is 8.07. The maximum Gasteiger partial charge on any atom is 0.234 e. The minimum Gasteiger partial charge on any atom is -0.483 e. The van der Waals surface area contributed by atoms with Crippen molar-refractivity contribution in [2.45, 2.75) is 31.7 Å². The first-order chi connectivity index (χ1) is 15.3. The number of anilines is 1. The van der Waals surface area contributed by atoms with Crippen LogP contribution >= 0.6 is 46.6 Å². The van der Waals surface area contributed by atoms with Crippen LogP contribution in [0.5, 0.6) is 5.75 Å². The lowest BCUT2D eigenvalue weighted by Gasteiger charge is -2.16. The van der Waals surface area contributed by atoms with E-state index in [9.17, 15) is 4.79 Å². The molecule has 2 aromatic carbocycles. The number of thioether (sulfide) groups is 1. The minimum absolute atomic E-state index is 0.115. The molecule has 32 heavy (non-hydrogen) atoms. The van der Waals surface area contributed by atoms with Gasteiger partial charge in [-0.1, -0.05) is 52.6 Å². The summed E-state index contributed by atoms with van der Waals surface area (Å²) in [4.78, 5) is 12.4. The molecule has 1 atom stereocenters. The molecule has 6 nitrogen and oxygen atoms in total. The van der Waals surface area contributed by atoms with E-state index in [1.807, 2.05) is 24.5 Å². The van der Waals surface area contributed by atoms with Gasteiger partial charge in [0.05, 0.1) is 16.5 Å². The molecule has 0 bridgehead atoms. The highest BCUT2D eigenvalue weighted by Gasteiger charge is 2.20. The predicted molar refractivity (Wildman–Crippen MR) is 131 cm³/mol. The lowest BCUT2D eigenvalue weighted by Crippen LogP contribution is -2.16. The number of carbonyl (C=O) groups excluding carboxylic acids is 1. The van der Waals surface area contributed by atoms with E-state index in [0.29, 0.717) is 44.0 Å². The number of rotatable bonds is 9. The highest BCUT2D eigenvalue weighted by molar-refractivity contribution is 7.99. The summed E-state index contributed by atoms with van der Waals surface area (Å²) in [5.41, 5.74) is 1.38. The van der Waals surface area contributed by atoms with Gasteiger partial charge in [-0.2, -0.15) is 0 Å². The number of allylic oxidation sites excluding steroid dienone is 1. The maximum atomic E-state index is 12.4. The van der Waals surface area contributed by atoms with Gasteiger partial charge in [0.15, 0.2) is 17.1 Å². The molecular weight excluding hydrogens is 491 g/mol. The monoisotopic (exact) mass is 510 g/mol. The zero-order valence-electron chi connectivity index (χ0n) is 17.4. The molecule has 0 spiro atoms. The van der Waals surface area contributed by atoms with E-state index >= 15 is 0 Å². The number of aryl methyl sites for hydroxylation is 1. The molecule has 10 heteroatoms. The highest BCUT2D eigenvalue weighted by Crippen LogP contribution is 2.28. The molecule has 0 saturated carbocycles. The molecule has 0 aliphatic heterocycles. The number of aromatic nitrogens is 3. The van der Waals surface area contributed by atoms with Crippen LogP contribution in [0, 0.1) is 6.92 Å². The largest absolute Gasteiger partial charge is 0.483 e. The topological polar surface area (TPSA) is 69.0 Å². The average Bonchev–Trinajstić information content (AvgIpc) is 3.15. The second kappa shape index (κ2) is 11.1. The van der Waals surface area contributed by atoms with Gasteiger partial charge in [-0.15, -0.1) is 16.8 Å². The van der Waals surface area contributed by atoms with Gasteiger partial charge in [0.2, 0.25) is 5.91 Å². The van der Waals surface area contributed by atoms with Crippen LogP contribution in [0.4, 0.5) is 5.69 Å². The zero-order chi connectivity index (χ0) is 23.3. The summed E-state index contributed by atoms with van der Waals surface area (Å²) >= 11 is 19.4. The summed E-state index contributed by atoms with van der Waals surface area (Å²) in [6.07, 6.45) is 1.36. The van der Waals surface area contributed by atoms with Gasteiger partial charge in [0.1, 0.15) is 5.75 Å². The lowest BCUT2D eigenvalue weighted by atomic mass is 10.2. The van der Waals surface area contributed by atoms with E-state index in [0.717, 1.165) is 5.56 Å². The second-order valence-electron chi connectivity index (χ2n) is 6.87. The SMILES string of the molecule is C=CCn1c(SCC(=O)Nc2cc(Cl)ccc2Cl)nnc1C(C)Oc1ccc(Cl)c(C)c1. The van der Waals surface area contributed by atoms with Crippen LogP contribution in [-0.2, 0) is 11.3 Å². The quantitative estimate of drug-likeness (QED) is 0.259. The van der Waals surface area contributed by atoms with Crippen molar-refractivity contribution in [1.29, 1.82) is 0 Å². The Balaban J connectivity index is 1.69. The lowest BCUT2D eigenvalue weighted by molar-refractivity contribution is -0.113. The van der Waals surface area contributed by atoms with Gasteiger partial charge in [0, 0.05) is 16.6 Å². The van der Waals surface area contributed by atoms with Gasteiger partial charge >= 0.3 is 0 Å². The Labute approximate surface area is 205 Å². The van der Waals surface area contributed by atoms with E-state index in [2.05, 4.69) is 22.1 Å². The third-order valence-corrected chi connectivity index (χ3v) is 6.35. The Morgan fingerprint density at radius 1 is 1.22 bits per heavy atom. The fourth-order valence-electron chi connectivity index (χ4n) is 2.87. The van der Waals surface area contributed by atoms with Gasteiger partial charge in [-0.3, -0.25) is 9.36 Å². The first-order valence-corrected chi connectivity index (χ1v) is 11.7. The molecule has 0 saturated heterocycles. The van der Waals surface area contributed by atoms with Crippen LogP contribution in [0.25, 0.3) is 0 Å². The van der Waals surface area contributed by atoms with Crippen LogP contribution in [0.1, 0.15) is 24.4 Å². The third-order valence-electron chi connectivity index (χ3n) is 4.40. The average molecular weight is 512 g/mol. The first kappa shape index (κ1) is 24.5. The van der Waals surface area contributed by atoms with Crippen molar-refractivity contribution in [1.82, 2.24) is 14.8 Å². The number of amides is 1. The van der Waals surface area contributed by atoms with Crippen molar-refractivity contribution in [2.75, 3.05) is 11.1 Å². The number of hydrogen-bond acceptors (Lipinski definition) is 5. The standard InChI is InChI=1S/C22H21Cl3N4O2S/c1-4-9-29-21(14(3)31-16-6-8-17(24)13(2)10-16)27-28-22(29)32-12-20(30)26-19-11-15(23)5-7-18(19)25/h4-8,10-11,14H,1,9,12H2,2-3H3,(H,26,30). The summed E-state index contributed by atoms with van der Waals surface area (Å²) in [5, 5.41) is 13.4. The maximum absolute atomic E-state index is 12.4. The fourth-order valence-corrected chi connectivity index (χ4v) is 4.07. The molecule has 3 aromatic rings. The Morgan fingerprint density at radius 3 is 2.69 bits per heavy atom. The summed E-state index contributed by atoms with van der Waals surface area (Å²) in [7, 11) is 0. The summed E-state index contributed by atoms with van der Waals surface area (Å²) < 4.78 is 7.90. The molecule has 1 unspecified atom stereocenters. The van der Waals surface area contributed by atoms with E-state index in [1.54, 1.807) is 36.4 Å². The molecular formula is C22H21Cl3N4O2S. The van der Waals surface area contributed by atoms with Gasteiger partial charge < -0.3 is 10.1 Å². The number of nitrogens with one attached hydrogen (secondary N) is 1. The van der Waals surface area contributed by atoms with Crippen LogP contribution in [0.2, 0.25) is 15.1 Å². The molecule has 0 radical (unpaired) electrons. The molecule has 0 aliphatic carbocycles. The first-order valence-electron chi connectivity index (χ1n) is 9.63. The van der Waals surface area contributed by atoms with Crippen molar-refractivity contribution >= 4 is 58.2 Å². The van der Waals surface area contributed by atoms with Gasteiger partial charge in [0.25, 0.3) is 0 Å². The van der Waals surface area contributed by atoms with E-state index in [4.69, 9.17) is 39.5 Å². The zero-order valence-corrected chi connectivity index (χ0v) is 20.5. The third kappa shape index (κ3) is 6.19. The number of halogens is 3. The van der Waals surface area contributed by atoms with E-state index < -0.39 is 0 Å². The second-order valence-corrected chi connectivity index (χ2v) is 9.07. The van der Waals surface area contributed by atoms with Crippen molar-refractivity contribution in [2.24, 2.45) is 0 Å². The molecule has 0 fully saturated rings. The number of ether oxygens (including phenoxy) is 1. The molecule has 1 aromatic heterocycles. The smallest absolute Gasteiger partial charge is 0.234 e.